The zero-order valence-corrected chi connectivity index (χ0v) is 14.3. The van der Waals surface area contributed by atoms with Gasteiger partial charge in [0, 0.05) is 10.6 Å². The molecule has 0 spiro atoms. The zero-order valence-electron chi connectivity index (χ0n) is 12.0. The predicted octanol–water partition coefficient (Wildman–Crippen LogP) is 0.546. The van der Waals surface area contributed by atoms with Crippen molar-refractivity contribution in [2.24, 2.45) is 0 Å². The van der Waals surface area contributed by atoms with Gasteiger partial charge in [0.2, 0.25) is 0 Å². The molecule has 2 aromatic carbocycles. The highest BCUT2D eigenvalue weighted by molar-refractivity contribution is 6.35. The summed E-state index contributed by atoms with van der Waals surface area (Å²) < 4.78 is 0. The standard InChI is InChI=1S/C17H17Cl2N.ClH/c1-11-17(12-6-4-3-5-7-12)14-8-13(18)9-16(19)15(14)10-20(11)2;/h3-9,11,17H,10H2,1-2H3;1H. The molecule has 112 valence electrons. The topological polar surface area (TPSA) is 4.44 Å². The van der Waals surface area contributed by atoms with Crippen LogP contribution in [0.3, 0.4) is 0 Å². The van der Waals surface area contributed by atoms with Crippen molar-refractivity contribution in [3.63, 3.8) is 0 Å². The van der Waals surface area contributed by atoms with Gasteiger partial charge in [0.15, 0.2) is 0 Å². The minimum atomic E-state index is 0. The number of rotatable bonds is 1. The van der Waals surface area contributed by atoms with Crippen LogP contribution in [0.25, 0.3) is 0 Å². The number of nitrogens with one attached hydrogen (secondary N) is 1. The first-order valence-corrected chi connectivity index (χ1v) is 7.68. The summed E-state index contributed by atoms with van der Waals surface area (Å²) >= 11 is 12.6. The van der Waals surface area contributed by atoms with E-state index in [0.29, 0.717) is 12.0 Å². The molecule has 3 rings (SSSR count). The van der Waals surface area contributed by atoms with Crippen LogP contribution in [0.1, 0.15) is 29.5 Å². The molecule has 4 heteroatoms. The van der Waals surface area contributed by atoms with Gasteiger partial charge in [-0.3, -0.25) is 0 Å². The highest BCUT2D eigenvalue weighted by Crippen LogP contribution is 2.37. The van der Waals surface area contributed by atoms with Crippen LogP contribution in [0.2, 0.25) is 10.0 Å². The van der Waals surface area contributed by atoms with Gasteiger partial charge >= 0.3 is 0 Å². The first-order valence-electron chi connectivity index (χ1n) is 6.93. The molecular weight excluding hydrogens is 325 g/mol. The summed E-state index contributed by atoms with van der Waals surface area (Å²) in [5, 5.41) is 1.51. The van der Waals surface area contributed by atoms with E-state index in [4.69, 9.17) is 23.2 Å². The van der Waals surface area contributed by atoms with Crippen LogP contribution in [-0.4, -0.2) is 13.1 Å². The number of hydrogen-bond acceptors (Lipinski definition) is 0. The van der Waals surface area contributed by atoms with E-state index in [0.717, 1.165) is 16.6 Å². The van der Waals surface area contributed by atoms with Crippen LogP contribution >= 0.6 is 23.2 Å². The first-order chi connectivity index (χ1) is 9.58. The number of likely N-dealkylation sites (N-methyl/N-ethyl adjacent to an activating group) is 1. The van der Waals surface area contributed by atoms with Crippen LogP contribution < -0.4 is 17.3 Å². The van der Waals surface area contributed by atoms with E-state index < -0.39 is 0 Å². The Kier molecular flexibility index (Phi) is 5.21. The molecule has 3 atom stereocenters. The molecule has 0 amide bonds. The summed E-state index contributed by atoms with van der Waals surface area (Å²) in [6, 6.07) is 15.1. The fourth-order valence-corrected chi connectivity index (χ4v) is 3.79. The molecule has 0 fully saturated rings. The lowest BCUT2D eigenvalue weighted by Gasteiger charge is -2.36. The van der Waals surface area contributed by atoms with E-state index >= 15 is 0 Å². The van der Waals surface area contributed by atoms with E-state index in [1.54, 1.807) is 0 Å². The average molecular weight is 343 g/mol. The summed E-state index contributed by atoms with van der Waals surface area (Å²) in [5.74, 6) is 0.344. The normalized spacial score (nSPS) is 24.1. The minimum Gasteiger partial charge on any atom is -1.00 e. The Labute approximate surface area is 142 Å². The summed E-state index contributed by atoms with van der Waals surface area (Å²) in [5.41, 5.74) is 3.85. The smallest absolute Gasteiger partial charge is 0.105 e. The number of benzene rings is 2. The van der Waals surface area contributed by atoms with Crippen molar-refractivity contribution < 1.29 is 17.3 Å². The molecule has 0 aliphatic carbocycles. The molecule has 0 bridgehead atoms. The predicted molar refractivity (Wildman–Crippen MR) is 84.8 cm³/mol. The summed E-state index contributed by atoms with van der Waals surface area (Å²) in [4.78, 5) is 1.48. The van der Waals surface area contributed by atoms with Crippen molar-refractivity contribution in [3.05, 3.63) is 69.2 Å². The van der Waals surface area contributed by atoms with Crippen LogP contribution in [0.4, 0.5) is 0 Å². The molecule has 1 nitrogen and oxygen atoms in total. The van der Waals surface area contributed by atoms with Crippen molar-refractivity contribution >= 4 is 23.2 Å². The van der Waals surface area contributed by atoms with Gasteiger partial charge < -0.3 is 17.3 Å². The molecule has 2 aromatic rings. The third-order valence-electron chi connectivity index (χ3n) is 4.42. The summed E-state index contributed by atoms with van der Waals surface area (Å²) in [6.07, 6.45) is 0. The lowest BCUT2D eigenvalue weighted by Crippen LogP contribution is -3.12. The Morgan fingerprint density at radius 1 is 1.10 bits per heavy atom. The lowest BCUT2D eigenvalue weighted by molar-refractivity contribution is -0.921. The van der Waals surface area contributed by atoms with E-state index in [-0.39, 0.29) is 12.4 Å². The molecule has 1 heterocycles. The molecular formula is C17H18Cl3N. The Bertz CT molecular complexity index is 627. The highest BCUT2D eigenvalue weighted by Gasteiger charge is 2.35. The zero-order chi connectivity index (χ0) is 14.3. The van der Waals surface area contributed by atoms with Crippen molar-refractivity contribution in [1.29, 1.82) is 0 Å². The van der Waals surface area contributed by atoms with Crippen molar-refractivity contribution in [3.8, 4) is 0 Å². The number of hydrogen-bond donors (Lipinski definition) is 1. The molecule has 0 aromatic heterocycles. The van der Waals surface area contributed by atoms with Gasteiger partial charge in [-0.2, -0.15) is 0 Å². The second kappa shape index (κ2) is 6.58. The fourth-order valence-electron chi connectivity index (χ4n) is 3.21. The van der Waals surface area contributed by atoms with Gasteiger partial charge in [-0.25, -0.2) is 0 Å². The number of quaternary nitrogens is 1. The maximum atomic E-state index is 6.42. The van der Waals surface area contributed by atoms with Crippen molar-refractivity contribution in [1.82, 2.24) is 0 Å². The fraction of sp³-hybridized carbons (Fsp3) is 0.294. The van der Waals surface area contributed by atoms with Crippen LogP contribution in [0, 0.1) is 0 Å². The summed E-state index contributed by atoms with van der Waals surface area (Å²) in [6.45, 7) is 3.25. The quantitative estimate of drug-likeness (QED) is 0.772. The second-order valence-corrected chi connectivity index (χ2v) is 6.50. The van der Waals surface area contributed by atoms with Gasteiger partial charge in [-0.05, 0) is 30.2 Å². The van der Waals surface area contributed by atoms with E-state index in [9.17, 15) is 0 Å². The lowest BCUT2D eigenvalue weighted by atomic mass is 9.80. The van der Waals surface area contributed by atoms with E-state index in [1.165, 1.54) is 21.6 Å². The van der Waals surface area contributed by atoms with Crippen LogP contribution in [0.15, 0.2) is 42.5 Å². The van der Waals surface area contributed by atoms with Crippen LogP contribution in [0.5, 0.6) is 0 Å². The van der Waals surface area contributed by atoms with Gasteiger partial charge in [0.25, 0.3) is 0 Å². The van der Waals surface area contributed by atoms with Gasteiger partial charge in [0.05, 0.1) is 24.0 Å². The molecule has 21 heavy (non-hydrogen) atoms. The Morgan fingerprint density at radius 2 is 1.76 bits per heavy atom. The Balaban J connectivity index is 0.00000161. The SMILES string of the molecule is CC1C(c2ccccc2)c2cc(Cl)cc(Cl)c2C[NH+]1C.[Cl-]. The van der Waals surface area contributed by atoms with Crippen molar-refractivity contribution in [2.75, 3.05) is 7.05 Å². The molecule has 1 aliphatic rings. The molecule has 0 saturated heterocycles. The van der Waals surface area contributed by atoms with E-state index in [2.05, 4.69) is 50.4 Å². The van der Waals surface area contributed by atoms with Gasteiger partial charge in [-0.1, -0.05) is 53.5 Å². The van der Waals surface area contributed by atoms with Gasteiger partial charge in [-0.15, -0.1) is 0 Å². The molecule has 0 saturated carbocycles. The van der Waals surface area contributed by atoms with Crippen molar-refractivity contribution in [2.45, 2.75) is 25.4 Å². The monoisotopic (exact) mass is 341 g/mol. The maximum absolute atomic E-state index is 6.42. The Morgan fingerprint density at radius 3 is 2.43 bits per heavy atom. The second-order valence-electron chi connectivity index (χ2n) is 5.66. The first kappa shape index (κ1) is 16.6. The molecule has 1 aliphatic heterocycles. The largest absolute Gasteiger partial charge is 1.00 e. The third-order valence-corrected chi connectivity index (χ3v) is 4.98. The Hall–Kier alpha value is -0.730. The molecule has 3 unspecified atom stereocenters. The van der Waals surface area contributed by atoms with Gasteiger partial charge in [0.1, 0.15) is 6.54 Å². The summed E-state index contributed by atoms with van der Waals surface area (Å²) in [7, 11) is 2.23. The maximum Gasteiger partial charge on any atom is 0.105 e. The van der Waals surface area contributed by atoms with Crippen LogP contribution in [-0.2, 0) is 6.54 Å². The van der Waals surface area contributed by atoms with E-state index in [1.807, 2.05) is 6.07 Å². The highest BCUT2D eigenvalue weighted by atomic mass is 35.5. The number of fused-ring (bicyclic) bond motifs is 1. The molecule has 0 radical (unpaired) electrons. The minimum absolute atomic E-state index is 0. The molecule has 1 N–H and O–H groups in total. The third kappa shape index (κ3) is 3.07. The average Bonchev–Trinajstić information content (AvgIpc) is 2.42. The number of halogens is 3.